The Bertz CT molecular complexity index is 500. The van der Waals surface area contributed by atoms with Gasteiger partial charge in [0.25, 0.3) is 5.91 Å². The van der Waals surface area contributed by atoms with Crippen LogP contribution in [-0.2, 0) is 4.79 Å². The van der Waals surface area contributed by atoms with Gasteiger partial charge in [0.15, 0.2) is 5.69 Å². The Morgan fingerprint density at radius 3 is 3.19 bits per heavy atom. The molecule has 1 aromatic heterocycles. The second kappa shape index (κ2) is 7.21. The number of nitrogens with two attached hydrogens (primary N) is 1. The van der Waals surface area contributed by atoms with Crippen molar-refractivity contribution in [1.29, 1.82) is 0 Å². The third-order valence-corrected chi connectivity index (χ3v) is 3.51. The summed E-state index contributed by atoms with van der Waals surface area (Å²) in [5.41, 5.74) is 6.05. The van der Waals surface area contributed by atoms with Crippen molar-refractivity contribution in [3.8, 4) is 0 Å². The zero-order chi connectivity index (χ0) is 15.2. The largest absolute Gasteiger partial charge is 0.446 e. The van der Waals surface area contributed by atoms with Crippen molar-refractivity contribution in [3.05, 3.63) is 17.8 Å². The van der Waals surface area contributed by atoms with Crippen molar-refractivity contribution in [2.24, 2.45) is 5.73 Å². The summed E-state index contributed by atoms with van der Waals surface area (Å²) in [4.78, 5) is 28.0. The van der Waals surface area contributed by atoms with Crippen LogP contribution >= 0.6 is 0 Å². The van der Waals surface area contributed by atoms with Crippen LogP contribution in [0.15, 0.2) is 10.7 Å². The highest BCUT2D eigenvalue weighted by Crippen LogP contribution is 2.15. The lowest BCUT2D eigenvalue weighted by Crippen LogP contribution is -2.45. The van der Waals surface area contributed by atoms with Crippen LogP contribution in [0.3, 0.4) is 0 Å². The van der Waals surface area contributed by atoms with E-state index in [1.54, 1.807) is 0 Å². The molecule has 2 atom stereocenters. The zero-order valence-corrected chi connectivity index (χ0v) is 12.2. The molecule has 2 unspecified atom stereocenters. The molecule has 2 amide bonds. The molecule has 1 saturated heterocycles. The lowest BCUT2D eigenvalue weighted by atomic mass is 10.1. The van der Waals surface area contributed by atoms with Crippen molar-refractivity contribution in [2.75, 3.05) is 6.54 Å². The van der Waals surface area contributed by atoms with Crippen LogP contribution in [0.5, 0.6) is 0 Å². The highest BCUT2D eigenvalue weighted by atomic mass is 16.3. The van der Waals surface area contributed by atoms with Gasteiger partial charge < -0.3 is 20.8 Å². The predicted molar refractivity (Wildman–Crippen MR) is 76.5 cm³/mol. The van der Waals surface area contributed by atoms with Gasteiger partial charge >= 0.3 is 0 Å². The standard InChI is InChI=1S/C14H22N4O3/c1-2-5-9(15)14-18-11(8-21-14)13(20)17-10-6-3-4-7-16-12(10)19/h8-10H,2-7,15H2,1H3,(H,16,19)(H,17,20). The van der Waals surface area contributed by atoms with Gasteiger partial charge in [0.2, 0.25) is 11.8 Å². The fraction of sp³-hybridized carbons (Fsp3) is 0.643. The van der Waals surface area contributed by atoms with Gasteiger partial charge in [0, 0.05) is 6.54 Å². The van der Waals surface area contributed by atoms with Crippen LogP contribution in [0, 0.1) is 0 Å². The summed E-state index contributed by atoms with van der Waals surface area (Å²) in [5.74, 6) is -0.199. The fourth-order valence-corrected chi connectivity index (χ4v) is 2.31. The normalized spacial score (nSPS) is 20.5. The lowest BCUT2D eigenvalue weighted by Gasteiger charge is -2.13. The maximum Gasteiger partial charge on any atom is 0.273 e. The molecule has 7 nitrogen and oxygen atoms in total. The van der Waals surface area contributed by atoms with Gasteiger partial charge in [-0.05, 0) is 25.7 Å². The van der Waals surface area contributed by atoms with E-state index in [1.807, 2.05) is 6.92 Å². The average molecular weight is 294 g/mol. The molecule has 21 heavy (non-hydrogen) atoms. The molecule has 2 heterocycles. The van der Waals surface area contributed by atoms with Crippen molar-refractivity contribution in [2.45, 2.75) is 51.1 Å². The third-order valence-electron chi connectivity index (χ3n) is 3.51. The van der Waals surface area contributed by atoms with E-state index >= 15 is 0 Å². The number of hydrogen-bond donors (Lipinski definition) is 3. The molecule has 116 valence electrons. The second-order valence-electron chi connectivity index (χ2n) is 5.28. The quantitative estimate of drug-likeness (QED) is 0.746. The average Bonchev–Trinajstić information content (AvgIpc) is 2.87. The van der Waals surface area contributed by atoms with Crippen LogP contribution < -0.4 is 16.4 Å². The van der Waals surface area contributed by atoms with Gasteiger partial charge in [-0.15, -0.1) is 0 Å². The molecule has 0 radical (unpaired) electrons. The first-order valence-corrected chi connectivity index (χ1v) is 7.41. The van der Waals surface area contributed by atoms with Gasteiger partial charge in [0.05, 0.1) is 6.04 Å². The zero-order valence-electron chi connectivity index (χ0n) is 12.2. The maximum atomic E-state index is 12.1. The van der Waals surface area contributed by atoms with Gasteiger partial charge in [-0.2, -0.15) is 0 Å². The number of nitrogens with zero attached hydrogens (tertiary/aromatic N) is 1. The molecular weight excluding hydrogens is 272 g/mol. The summed E-state index contributed by atoms with van der Waals surface area (Å²) in [5, 5.41) is 5.47. The topological polar surface area (TPSA) is 110 Å². The summed E-state index contributed by atoms with van der Waals surface area (Å²) >= 11 is 0. The van der Waals surface area contributed by atoms with Gasteiger partial charge in [-0.1, -0.05) is 13.3 Å². The molecule has 4 N–H and O–H groups in total. The number of oxazole rings is 1. The molecule has 0 saturated carbocycles. The van der Waals surface area contributed by atoms with E-state index in [2.05, 4.69) is 15.6 Å². The first kappa shape index (κ1) is 15.5. The maximum absolute atomic E-state index is 12.1. The summed E-state index contributed by atoms with van der Waals surface area (Å²) in [6.45, 7) is 2.67. The van der Waals surface area contributed by atoms with Gasteiger partial charge in [-0.25, -0.2) is 4.98 Å². The molecule has 0 aromatic carbocycles. The van der Waals surface area contributed by atoms with Crippen LogP contribution in [0.4, 0.5) is 0 Å². The number of rotatable bonds is 5. The summed E-state index contributed by atoms with van der Waals surface area (Å²) in [6, 6.07) is -0.817. The van der Waals surface area contributed by atoms with E-state index in [4.69, 9.17) is 10.2 Å². The summed E-state index contributed by atoms with van der Waals surface area (Å²) < 4.78 is 5.24. The summed E-state index contributed by atoms with van der Waals surface area (Å²) in [7, 11) is 0. The first-order chi connectivity index (χ1) is 10.1. The molecule has 0 spiro atoms. The van der Waals surface area contributed by atoms with Crippen LogP contribution in [0.2, 0.25) is 0 Å². The molecule has 1 aliphatic heterocycles. The van der Waals surface area contributed by atoms with Gasteiger partial charge in [-0.3, -0.25) is 9.59 Å². The number of carbonyl (C=O) groups excluding carboxylic acids is 2. The SMILES string of the molecule is CCCC(N)c1nc(C(=O)NC2CCCCNC2=O)co1. The van der Waals surface area contributed by atoms with E-state index in [9.17, 15) is 9.59 Å². The minimum absolute atomic E-state index is 0.146. The van der Waals surface area contributed by atoms with Crippen molar-refractivity contribution in [1.82, 2.24) is 15.6 Å². The van der Waals surface area contributed by atoms with E-state index < -0.39 is 11.9 Å². The smallest absolute Gasteiger partial charge is 0.273 e. The van der Waals surface area contributed by atoms with E-state index in [0.717, 1.165) is 25.7 Å². The number of carbonyl (C=O) groups is 2. The van der Waals surface area contributed by atoms with E-state index in [0.29, 0.717) is 18.9 Å². The Hall–Kier alpha value is -1.89. The monoisotopic (exact) mass is 294 g/mol. The van der Waals surface area contributed by atoms with Crippen molar-refractivity contribution < 1.29 is 14.0 Å². The Morgan fingerprint density at radius 2 is 2.43 bits per heavy atom. The Balaban J connectivity index is 1.98. The second-order valence-corrected chi connectivity index (χ2v) is 5.28. The predicted octanol–water partition coefficient (Wildman–Crippen LogP) is 0.873. The lowest BCUT2D eigenvalue weighted by molar-refractivity contribution is -0.122. The number of nitrogens with one attached hydrogen (secondary N) is 2. The van der Waals surface area contributed by atoms with Gasteiger partial charge in [0.1, 0.15) is 12.3 Å². The van der Waals surface area contributed by atoms with Crippen LogP contribution in [-0.4, -0.2) is 29.4 Å². The Morgan fingerprint density at radius 1 is 1.62 bits per heavy atom. The number of aromatic nitrogens is 1. The first-order valence-electron chi connectivity index (χ1n) is 7.41. The molecule has 2 rings (SSSR count). The number of amides is 2. The molecule has 7 heteroatoms. The highest BCUT2D eigenvalue weighted by molar-refractivity contribution is 5.95. The fourth-order valence-electron chi connectivity index (χ4n) is 2.31. The highest BCUT2D eigenvalue weighted by Gasteiger charge is 2.24. The minimum Gasteiger partial charge on any atom is -0.446 e. The summed E-state index contributed by atoms with van der Waals surface area (Å²) in [6.07, 6.45) is 5.40. The van der Waals surface area contributed by atoms with E-state index in [-0.39, 0.29) is 17.6 Å². The molecule has 1 aliphatic rings. The van der Waals surface area contributed by atoms with Crippen molar-refractivity contribution >= 4 is 11.8 Å². The molecule has 1 fully saturated rings. The van der Waals surface area contributed by atoms with Crippen molar-refractivity contribution in [3.63, 3.8) is 0 Å². The number of hydrogen-bond acceptors (Lipinski definition) is 5. The minimum atomic E-state index is -0.510. The van der Waals surface area contributed by atoms with Crippen LogP contribution in [0.1, 0.15) is 61.4 Å². The third kappa shape index (κ3) is 4.04. The Kier molecular flexibility index (Phi) is 5.32. The van der Waals surface area contributed by atoms with E-state index in [1.165, 1.54) is 6.26 Å². The Labute approximate surface area is 123 Å². The molecule has 0 aliphatic carbocycles. The molecule has 0 bridgehead atoms. The molecular formula is C14H22N4O3. The van der Waals surface area contributed by atoms with Crippen LogP contribution in [0.25, 0.3) is 0 Å². The molecule has 1 aromatic rings.